The molecule has 0 saturated carbocycles. The Morgan fingerprint density at radius 2 is 1.40 bits per heavy atom. The number of hydrogen-bond acceptors (Lipinski definition) is 3. The van der Waals surface area contributed by atoms with Gasteiger partial charge < -0.3 is 4.74 Å². The number of rotatable bonds is 3. The lowest BCUT2D eigenvalue weighted by Crippen LogP contribution is -2.41. The topological polar surface area (TPSA) is 67.4 Å². The van der Waals surface area contributed by atoms with Gasteiger partial charge >= 0.3 is 0 Å². The summed E-state index contributed by atoms with van der Waals surface area (Å²) < 4.78 is 5.29. The van der Waals surface area contributed by atoms with Crippen molar-refractivity contribution < 1.29 is 14.3 Å². The Bertz CT molecular complexity index is 956. The van der Waals surface area contributed by atoms with Crippen LogP contribution in [0.4, 0.5) is 0 Å². The number of fused-ring (bicyclic) bond motifs is 1. The second kappa shape index (κ2) is 7.23. The Morgan fingerprint density at radius 1 is 0.840 bits per heavy atom. The minimum absolute atomic E-state index is 0.273. The van der Waals surface area contributed by atoms with Gasteiger partial charge in [0.15, 0.2) is 0 Å². The molecule has 3 rings (SSSR count). The largest absolute Gasteiger partial charge is 0.496 e. The first-order valence-corrected chi connectivity index (χ1v) is 7.90. The average molecular weight is 355 g/mol. The molecular weight excluding hydrogens is 340 g/mol. The van der Waals surface area contributed by atoms with Crippen molar-refractivity contribution >= 4 is 34.2 Å². The van der Waals surface area contributed by atoms with E-state index in [0.717, 1.165) is 10.8 Å². The van der Waals surface area contributed by atoms with Crippen LogP contribution in [0.2, 0.25) is 5.02 Å². The van der Waals surface area contributed by atoms with Gasteiger partial charge in [-0.15, -0.1) is 0 Å². The number of benzene rings is 3. The maximum absolute atomic E-state index is 12.4. The van der Waals surface area contributed by atoms with E-state index in [1.54, 1.807) is 36.4 Å². The van der Waals surface area contributed by atoms with E-state index in [1.165, 1.54) is 7.11 Å². The Balaban J connectivity index is 1.80. The van der Waals surface area contributed by atoms with E-state index in [0.29, 0.717) is 16.3 Å². The number of nitrogens with one attached hydrogen (secondary N) is 2. The molecule has 0 aliphatic carbocycles. The highest BCUT2D eigenvalue weighted by atomic mass is 35.5. The quantitative estimate of drug-likeness (QED) is 0.706. The van der Waals surface area contributed by atoms with Crippen molar-refractivity contribution in [3.63, 3.8) is 0 Å². The van der Waals surface area contributed by atoms with E-state index >= 15 is 0 Å². The number of methoxy groups -OCH3 is 1. The maximum atomic E-state index is 12.4. The molecule has 0 atom stereocenters. The predicted molar refractivity (Wildman–Crippen MR) is 96.9 cm³/mol. The summed E-state index contributed by atoms with van der Waals surface area (Å²) >= 11 is 5.97. The predicted octanol–water partition coefficient (Wildman–Crippen LogP) is 3.58. The average Bonchev–Trinajstić information content (AvgIpc) is 2.65. The zero-order valence-corrected chi connectivity index (χ0v) is 14.1. The van der Waals surface area contributed by atoms with Crippen LogP contribution in [0.25, 0.3) is 10.8 Å². The number of halogens is 1. The standard InChI is InChI=1S/C19H15ClN2O3/c1-25-17-11-13-7-3-2-6-12(13)10-15(17)19(24)22-21-18(23)14-8-4-5-9-16(14)20/h2-11H,1H3,(H,21,23)(H,22,24). The maximum Gasteiger partial charge on any atom is 0.273 e. The molecule has 0 bridgehead atoms. The van der Waals surface area contributed by atoms with Crippen LogP contribution in [0.3, 0.4) is 0 Å². The monoisotopic (exact) mass is 354 g/mol. The summed E-state index contributed by atoms with van der Waals surface area (Å²) in [6.07, 6.45) is 0. The number of carbonyl (C=O) groups is 2. The molecule has 2 N–H and O–H groups in total. The first-order chi connectivity index (χ1) is 12.1. The molecule has 25 heavy (non-hydrogen) atoms. The van der Waals surface area contributed by atoms with Gasteiger partial charge in [-0.1, -0.05) is 48.0 Å². The fourth-order valence-electron chi connectivity index (χ4n) is 2.46. The van der Waals surface area contributed by atoms with Crippen LogP contribution in [0.1, 0.15) is 20.7 Å². The highest BCUT2D eigenvalue weighted by Gasteiger charge is 2.15. The third kappa shape index (κ3) is 3.56. The molecule has 126 valence electrons. The zero-order chi connectivity index (χ0) is 17.8. The van der Waals surface area contributed by atoms with Crippen molar-refractivity contribution in [1.82, 2.24) is 10.9 Å². The summed E-state index contributed by atoms with van der Waals surface area (Å²) in [5.41, 5.74) is 5.34. The summed E-state index contributed by atoms with van der Waals surface area (Å²) in [4.78, 5) is 24.6. The molecule has 0 heterocycles. The van der Waals surface area contributed by atoms with Gasteiger partial charge in [0.2, 0.25) is 0 Å². The fourth-order valence-corrected chi connectivity index (χ4v) is 2.68. The summed E-state index contributed by atoms with van der Waals surface area (Å²) in [5.74, 6) is -0.565. The first-order valence-electron chi connectivity index (χ1n) is 7.52. The summed E-state index contributed by atoms with van der Waals surface area (Å²) in [6, 6.07) is 17.7. The molecule has 0 fully saturated rings. The molecule has 3 aromatic rings. The van der Waals surface area contributed by atoms with E-state index in [2.05, 4.69) is 10.9 Å². The van der Waals surface area contributed by atoms with Crippen molar-refractivity contribution in [2.24, 2.45) is 0 Å². The molecule has 6 heteroatoms. The Labute approximate surface area is 149 Å². The Hall–Kier alpha value is -3.05. The fraction of sp³-hybridized carbons (Fsp3) is 0.0526. The van der Waals surface area contributed by atoms with Gasteiger partial charge in [-0.25, -0.2) is 0 Å². The van der Waals surface area contributed by atoms with Gasteiger partial charge in [-0.3, -0.25) is 20.4 Å². The van der Waals surface area contributed by atoms with Crippen molar-refractivity contribution in [1.29, 1.82) is 0 Å². The number of hydrogen-bond donors (Lipinski definition) is 2. The smallest absolute Gasteiger partial charge is 0.273 e. The van der Waals surface area contributed by atoms with Gasteiger partial charge in [0.1, 0.15) is 5.75 Å². The molecule has 3 aromatic carbocycles. The van der Waals surface area contributed by atoms with E-state index in [-0.39, 0.29) is 5.56 Å². The number of hydrazine groups is 1. The molecular formula is C19H15ClN2O3. The van der Waals surface area contributed by atoms with Crippen molar-refractivity contribution in [2.75, 3.05) is 7.11 Å². The van der Waals surface area contributed by atoms with Gasteiger partial charge in [0.05, 0.1) is 23.3 Å². The van der Waals surface area contributed by atoms with Crippen LogP contribution < -0.4 is 15.6 Å². The van der Waals surface area contributed by atoms with Crippen LogP contribution >= 0.6 is 11.6 Å². The summed E-state index contributed by atoms with van der Waals surface area (Å²) in [5, 5.41) is 2.15. The number of amides is 2. The van der Waals surface area contributed by atoms with Crippen LogP contribution in [-0.2, 0) is 0 Å². The molecule has 0 saturated heterocycles. The lowest BCUT2D eigenvalue weighted by molar-refractivity contribution is 0.0845. The normalized spacial score (nSPS) is 10.3. The van der Waals surface area contributed by atoms with Crippen molar-refractivity contribution in [2.45, 2.75) is 0 Å². The Kier molecular flexibility index (Phi) is 4.86. The molecule has 2 amide bonds. The van der Waals surface area contributed by atoms with E-state index in [1.807, 2.05) is 24.3 Å². The van der Waals surface area contributed by atoms with E-state index < -0.39 is 11.8 Å². The van der Waals surface area contributed by atoms with E-state index in [4.69, 9.17) is 16.3 Å². The minimum Gasteiger partial charge on any atom is -0.496 e. The minimum atomic E-state index is -0.501. The van der Waals surface area contributed by atoms with Gasteiger partial charge in [0, 0.05) is 0 Å². The lowest BCUT2D eigenvalue weighted by atomic mass is 10.1. The molecule has 0 aromatic heterocycles. The second-order valence-electron chi connectivity index (χ2n) is 5.29. The molecule has 0 unspecified atom stereocenters. The third-order valence-corrected chi connectivity index (χ3v) is 4.05. The second-order valence-corrected chi connectivity index (χ2v) is 5.69. The summed E-state index contributed by atoms with van der Waals surface area (Å²) in [7, 11) is 1.49. The van der Waals surface area contributed by atoms with Gasteiger partial charge in [-0.05, 0) is 35.0 Å². The molecule has 0 aliphatic heterocycles. The lowest BCUT2D eigenvalue weighted by Gasteiger charge is -2.12. The highest BCUT2D eigenvalue weighted by Crippen LogP contribution is 2.25. The molecule has 0 spiro atoms. The SMILES string of the molecule is COc1cc2ccccc2cc1C(=O)NNC(=O)c1ccccc1Cl. The zero-order valence-electron chi connectivity index (χ0n) is 13.4. The van der Waals surface area contributed by atoms with Crippen LogP contribution in [0.5, 0.6) is 5.75 Å². The Morgan fingerprint density at radius 3 is 2.04 bits per heavy atom. The van der Waals surface area contributed by atoms with Crippen LogP contribution in [-0.4, -0.2) is 18.9 Å². The molecule has 0 radical (unpaired) electrons. The molecule has 5 nitrogen and oxygen atoms in total. The highest BCUT2D eigenvalue weighted by molar-refractivity contribution is 6.33. The van der Waals surface area contributed by atoms with Crippen molar-refractivity contribution in [3.8, 4) is 5.75 Å². The summed E-state index contributed by atoms with van der Waals surface area (Å²) in [6.45, 7) is 0. The van der Waals surface area contributed by atoms with Crippen LogP contribution in [0.15, 0.2) is 60.7 Å². The number of carbonyl (C=O) groups excluding carboxylic acids is 2. The third-order valence-electron chi connectivity index (χ3n) is 3.72. The van der Waals surface area contributed by atoms with Gasteiger partial charge in [-0.2, -0.15) is 0 Å². The van der Waals surface area contributed by atoms with Crippen LogP contribution in [0, 0.1) is 0 Å². The molecule has 0 aliphatic rings. The van der Waals surface area contributed by atoms with Crippen molar-refractivity contribution in [3.05, 3.63) is 76.8 Å². The first kappa shape index (κ1) is 16.8. The van der Waals surface area contributed by atoms with E-state index in [9.17, 15) is 9.59 Å². The number of ether oxygens (including phenoxy) is 1. The van der Waals surface area contributed by atoms with Gasteiger partial charge in [0.25, 0.3) is 11.8 Å².